The van der Waals surface area contributed by atoms with Gasteiger partial charge >= 0.3 is 17.2 Å². The average molecular weight is 299 g/mol. The lowest BCUT2D eigenvalue weighted by atomic mass is 10.2. The highest BCUT2D eigenvalue weighted by Gasteiger charge is 2.52. The van der Waals surface area contributed by atoms with Crippen molar-refractivity contribution in [2.24, 2.45) is 4.99 Å². The van der Waals surface area contributed by atoms with Crippen LogP contribution in [-0.2, 0) is 9.59 Å². The fraction of sp³-hybridized carbons (Fsp3) is 0.545. The molecule has 20 heavy (non-hydrogen) atoms. The third kappa shape index (κ3) is 2.07. The Labute approximate surface area is 119 Å². The predicted octanol–water partition coefficient (Wildman–Crippen LogP) is -0.504. The van der Waals surface area contributed by atoms with E-state index >= 15 is 0 Å². The predicted molar refractivity (Wildman–Crippen MR) is 73.0 cm³/mol. The fourth-order valence-corrected chi connectivity index (χ4v) is 2.81. The molecule has 0 aromatic heterocycles. The molecule has 3 amide bonds. The van der Waals surface area contributed by atoms with E-state index in [-0.39, 0.29) is 5.91 Å². The molecular weight excluding hydrogens is 284 g/mol. The molecule has 2 aliphatic heterocycles. The summed E-state index contributed by atoms with van der Waals surface area (Å²) < 4.78 is 1.60. The van der Waals surface area contributed by atoms with Crippen LogP contribution < -0.4 is 0 Å². The summed E-state index contributed by atoms with van der Waals surface area (Å²) >= 11 is 1.04. The summed E-state index contributed by atoms with van der Waals surface area (Å²) in [6.07, 6.45) is 0. The molecule has 2 rings (SSSR count). The van der Waals surface area contributed by atoms with Crippen LogP contribution >= 0.6 is 11.8 Å². The largest absolute Gasteiger partial charge is 0.480 e. The number of carboxylic acid groups (broad SMARTS) is 1. The summed E-state index contributed by atoms with van der Waals surface area (Å²) in [5.41, 5.74) is 0. The Morgan fingerprint density at radius 1 is 1.40 bits per heavy atom. The first-order chi connectivity index (χ1) is 9.25. The number of carboxylic acids is 1. The number of rotatable bonds is 2. The lowest BCUT2D eigenvalue weighted by Crippen LogP contribution is -2.61. The Kier molecular flexibility index (Phi) is 3.55. The van der Waals surface area contributed by atoms with Gasteiger partial charge in [-0.3, -0.25) is 19.4 Å². The lowest BCUT2D eigenvalue weighted by Gasteiger charge is -2.29. The van der Waals surface area contributed by atoms with Crippen LogP contribution in [0.5, 0.6) is 0 Å². The second-order valence-electron chi connectivity index (χ2n) is 4.60. The van der Waals surface area contributed by atoms with Crippen LogP contribution in [-0.4, -0.2) is 80.8 Å². The number of likely N-dealkylation sites (N-methyl/N-ethyl adjacent to an activating group) is 3. The first kappa shape index (κ1) is 14.5. The van der Waals surface area contributed by atoms with Gasteiger partial charge in [-0.2, -0.15) is 0 Å². The van der Waals surface area contributed by atoms with E-state index in [4.69, 9.17) is 5.11 Å². The van der Waals surface area contributed by atoms with E-state index in [0.717, 1.165) is 16.7 Å². The van der Waals surface area contributed by atoms with Crippen molar-refractivity contribution < 1.29 is 24.1 Å². The SMILES string of the molecule is CC(SC1=[N+](C)C2C(=O)N(C)C(=O)N(C)C2=N1)C(=O)O. The fourth-order valence-electron chi connectivity index (χ4n) is 1.97. The summed E-state index contributed by atoms with van der Waals surface area (Å²) in [5, 5.41) is 8.66. The van der Waals surface area contributed by atoms with Gasteiger partial charge in [0.25, 0.3) is 17.8 Å². The van der Waals surface area contributed by atoms with Crippen molar-refractivity contribution in [2.45, 2.75) is 18.2 Å². The molecule has 2 unspecified atom stereocenters. The number of imide groups is 1. The zero-order valence-corrected chi connectivity index (χ0v) is 12.3. The number of aliphatic carboxylic acids is 1. The van der Waals surface area contributed by atoms with Gasteiger partial charge in [-0.25, -0.2) is 9.37 Å². The maximum Gasteiger partial charge on any atom is 0.358 e. The highest BCUT2D eigenvalue weighted by Crippen LogP contribution is 2.23. The molecule has 2 heterocycles. The van der Waals surface area contributed by atoms with E-state index in [9.17, 15) is 14.4 Å². The first-order valence-corrected chi connectivity index (χ1v) is 6.76. The number of amides is 3. The lowest BCUT2D eigenvalue weighted by molar-refractivity contribution is -0.502. The molecular formula is C11H15N4O4S+. The minimum absolute atomic E-state index is 0.334. The monoisotopic (exact) mass is 299 g/mol. The topological polar surface area (TPSA) is 93.3 Å². The molecule has 9 heteroatoms. The van der Waals surface area contributed by atoms with Crippen molar-refractivity contribution in [3.05, 3.63) is 0 Å². The zero-order valence-electron chi connectivity index (χ0n) is 11.5. The maximum atomic E-state index is 12.2. The molecule has 8 nitrogen and oxygen atoms in total. The number of urea groups is 1. The van der Waals surface area contributed by atoms with E-state index in [1.54, 1.807) is 25.6 Å². The average Bonchev–Trinajstić information content (AvgIpc) is 2.71. The second-order valence-corrected chi connectivity index (χ2v) is 5.91. The van der Waals surface area contributed by atoms with E-state index in [1.807, 2.05) is 0 Å². The normalized spacial score (nSPS) is 24.0. The standard InChI is InChI=1S/C11H14N4O4S/c1-5(9(17)18)20-10-12-7-6(13(10)2)8(16)15(4)11(19)14(7)3/h5-6H,1-4H3/p+1. The van der Waals surface area contributed by atoms with Gasteiger partial charge in [0.05, 0.1) is 7.05 Å². The van der Waals surface area contributed by atoms with Crippen molar-refractivity contribution in [3.8, 4) is 0 Å². The van der Waals surface area contributed by atoms with Gasteiger partial charge in [0.1, 0.15) is 5.25 Å². The molecule has 0 aliphatic carbocycles. The quantitative estimate of drug-likeness (QED) is 0.694. The van der Waals surface area contributed by atoms with Gasteiger partial charge in [0.2, 0.25) is 0 Å². The number of hydrogen-bond acceptors (Lipinski definition) is 5. The summed E-state index contributed by atoms with van der Waals surface area (Å²) in [5.74, 6) is -0.993. The number of hydrogen-bond donors (Lipinski definition) is 1. The first-order valence-electron chi connectivity index (χ1n) is 5.88. The molecule has 0 aromatic carbocycles. The van der Waals surface area contributed by atoms with E-state index in [1.165, 1.54) is 11.9 Å². The zero-order chi connectivity index (χ0) is 15.2. The highest BCUT2D eigenvalue weighted by atomic mass is 32.2. The van der Waals surface area contributed by atoms with Gasteiger partial charge in [-0.15, -0.1) is 0 Å². The Morgan fingerprint density at radius 2 is 2.00 bits per heavy atom. The molecule has 108 valence electrons. The number of fused-ring (bicyclic) bond motifs is 1. The van der Waals surface area contributed by atoms with Gasteiger partial charge in [0.15, 0.2) is 0 Å². The van der Waals surface area contributed by atoms with Gasteiger partial charge in [0, 0.05) is 14.1 Å². The van der Waals surface area contributed by atoms with Crippen molar-refractivity contribution in [1.29, 1.82) is 0 Å². The minimum atomic E-state index is -0.959. The van der Waals surface area contributed by atoms with Crippen LogP contribution in [0.15, 0.2) is 4.99 Å². The molecule has 0 saturated carbocycles. The Balaban J connectivity index is 2.35. The van der Waals surface area contributed by atoms with Crippen molar-refractivity contribution in [3.63, 3.8) is 0 Å². The van der Waals surface area contributed by atoms with Crippen molar-refractivity contribution in [2.75, 3.05) is 21.1 Å². The summed E-state index contributed by atoms with van der Waals surface area (Å²) in [4.78, 5) is 41.5. The third-order valence-corrected chi connectivity index (χ3v) is 4.40. The van der Waals surface area contributed by atoms with E-state index in [0.29, 0.717) is 11.0 Å². The van der Waals surface area contributed by atoms with E-state index in [2.05, 4.69) is 4.99 Å². The molecule has 0 radical (unpaired) electrons. The van der Waals surface area contributed by atoms with Crippen LogP contribution in [0.25, 0.3) is 0 Å². The smallest absolute Gasteiger partial charge is 0.358 e. The molecule has 1 N–H and O–H groups in total. The van der Waals surface area contributed by atoms with Gasteiger partial charge < -0.3 is 5.11 Å². The molecule has 2 aliphatic rings. The Bertz CT molecular complexity index is 571. The number of nitrogens with zero attached hydrogens (tertiary/aromatic N) is 4. The van der Waals surface area contributed by atoms with Crippen molar-refractivity contribution in [1.82, 2.24) is 9.80 Å². The second kappa shape index (κ2) is 4.89. The van der Waals surface area contributed by atoms with Crippen LogP contribution in [0.3, 0.4) is 0 Å². The molecule has 1 fully saturated rings. The number of carbonyl (C=O) groups excluding carboxylic acids is 2. The number of aliphatic imine (C=N–C) groups is 1. The van der Waals surface area contributed by atoms with Crippen LogP contribution in [0.1, 0.15) is 6.92 Å². The highest BCUT2D eigenvalue weighted by molar-refractivity contribution is 8.14. The van der Waals surface area contributed by atoms with E-state index < -0.39 is 23.3 Å². The minimum Gasteiger partial charge on any atom is -0.480 e. The van der Waals surface area contributed by atoms with Gasteiger partial charge in [-0.1, -0.05) is 0 Å². The molecule has 2 atom stereocenters. The Morgan fingerprint density at radius 3 is 2.55 bits per heavy atom. The van der Waals surface area contributed by atoms with Crippen LogP contribution in [0.4, 0.5) is 4.79 Å². The van der Waals surface area contributed by atoms with Crippen LogP contribution in [0, 0.1) is 0 Å². The summed E-state index contributed by atoms with van der Waals surface area (Å²) in [6, 6.07) is -1.12. The van der Waals surface area contributed by atoms with Gasteiger partial charge in [-0.05, 0) is 23.7 Å². The number of carbonyl (C=O) groups is 3. The third-order valence-electron chi connectivity index (χ3n) is 3.26. The van der Waals surface area contributed by atoms with Crippen LogP contribution in [0.2, 0.25) is 0 Å². The summed E-state index contributed by atoms with van der Waals surface area (Å²) in [7, 11) is 4.61. The molecule has 1 saturated heterocycles. The summed E-state index contributed by atoms with van der Waals surface area (Å²) in [6.45, 7) is 1.54. The molecule has 0 spiro atoms. The maximum absolute atomic E-state index is 12.2. The number of amidine groups is 2. The molecule has 0 bridgehead atoms. The Hall–Kier alpha value is -1.90. The number of thioether (sulfide) groups is 1. The molecule has 0 aromatic rings. The van der Waals surface area contributed by atoms with Crippen molar-refractivity contribution >= 4 is 40.7 Å².